The Bertz CT molecular complexity index is 1240. The number of aliphatic imine (C=N–C) groups is 1. The van der Waals surface area contributed by atoms with Gasteiger partial charge in [-0.1, -0.05) is 121 Å². The molecule has 3 aliphatic rings. The van der Waals surface area contributed by atoms with E-state index in [0.717, 1.165) is 87.7 Å². The number of likely N-dealkylation sites (N-methyl/N-ethyl adjacent to an activating group) is 1. The van der Waals surface area contributed by atoms with Crippen LogP contribution >= 0.6 is 0 Å². The summed E-state index contributed by atoms with van der Waals surface area (Å²) in [7, 11) is 3.71. The molecule has 2 saturated carbocycles. The van der Waals surface area contributed by atoms with Crippen molar-refractivity contribution in [2.75, 3.05) is 33.9 Å². The second-order valence-corrected chi connectivity index (χ2v) is 18.0. The minimum absolute atomic E-state index is 0.0187. The molecule has 3 rings (SSSR count). The summed E-state index contributed by atoms with van der Waals surface area (Å²) in [5, 5.41) is 0. The Hall–Kier alpha value is -2.74. The average molecular weight is 809 g/mol. The Morgan fingerprint density at radius 3 is 1.93 bits per heavy atom. The first kappa shape index (κ1) is 49.6. The first-order valence-corrected chi connectivity index (χ1v) is 24.0. The number of nitrogens with zero attached hydrogens (tertiary/aromatic N) is 2. The van der Waals surface area contributed by atoms with Crippen molar-refractivity contribution in [2.24, 2.45) is 34.6 Å². The smallest absolute Gasteiger partial charge is 0.323 e. The maximum Gasteiger partial charge on any atom is 0.323 e. The van der Waals surface area contributed by atoms with E-state index in [4.69, 9.17) is 14.2 Å². The molecule has 0 aromatic heterocycles. The van der Waals surface area contributed by atoms with Gasteiger partial charge in [-0.15, -0.1) is 0 Å². The first-order valence-electron chi connectivity index (χ1n) is 24.0. The molecule has 0 aromatic rings. The molecule has 1 unspecified atom stereocenters. The first-order chi connectivity index (χ1) is 28.3. The fourth-order valence-electron chi connectivity index (χ4n) is 8.98. The van der Waals surface area contributed by atoms with Crippen LogP contribution in [0.3, 0.4) is 0 Å². The Morgan fingerprint density at radius 2 is 1.29 bits per heavy atom. The topological polar surface area (TPSA) is 94.5 Å². The van der Waals surface area contributed by atoms with Crippen molar-refractivity contribution < 1.29 is 28.6 Å². The van der Waals surface area contributed by atoms with Crippen molar-refractivity contribution in [1.82, 2.24) is 4.90 Å². The van der Waals surface area contributed by atoms with Gasteiger partial charge in [0.05, 0.1) is 11.8 Å². The highest BCUT2D eigenvalue weighted by atomic mass is 16.6. The Balaban J connectivity index is 1.36. The Kier molecular flexibility index (Phi) is 26.7. The van der Waals surface area contributed by atoms with Gasteiger partial charge in [0.15, 0.2) is 0 Å². The number of esters is 3. The summed E-state index contributed by atoms with van der Waals surface area (Å²) >= 11 is 0. The number of unbranched alkanes of at least 4 members (excludes halogenated alkanes) is 11. The van der Waals surface area contributed by atoms with Gasteiger partial charge >= 0.3 is 17.9 Å². The zero-order valence-electron chi connectivity index (χ0n) is 37.5. The summed E-state index contributed by atoms with van der Waals surface area (Å²) in [5.74, 6) is 1.17. The largest absolute Gasteiger partial charge is 0.465 e. The summed E-state index contributed by atoms with van der Waals surface area (Å²) in [6, 6.07) is -0.484. The van der Waals surface area contributed by atoms with Crippen LogP contribution in [0.15, 0.2) is 41.1 Å². The molecule has 2 aliphatic carbocycles. The van der Waals surface area contributed by atoms with Crippen LogP contribution < -0.4 is 0 Å². The molecule has 1 heterocycles. The fourth-order valence-corrected chi connectivity index (χ4v) is 8.98. The molecular formula is C50H84N2O6. The van der Waals surface area contributed by atoms with Gasteiger partial charge in [-0.2, -0.15) is 0 Å². The standard InChI is InChI=1S/C50H84N2O6/c1-5-7-9-10-11-12-13-14-15-16-17-18-19-20-21-23-27-48(53)56-38-42(40-58-50(55)47(52(3)4)37-46-26-24-36-51-46)39-57-49(54)45-34-32-44(33-35-45)43-30-28-41(29-31-43)25-22-8-6-2/h11-12,14-15,26,36,41-45,47H,5-10,13,16-25,27-35,37-40H2,1-4H3/b12-11-,15-14-/t41?,42?,43?,44?,45?,47-/m0/s1. The number of carbonyl (C=O) groups is 3. The number of allylic oxidation sites excluding steroid dienone is 5. The third-order valence-corrected chi connectivity index (χ3v) is 12.9. The van der Waals surface area contributed by atoms with Crippen LogP contribution in [0.1, 0.15) is 187 Å². The highest BCUT2D eigenvalue weighted by Gasteiger charge is 2.34. The summed E-state index contributed by atoms with van der Waals surface area (Å²) < 4.78 is 17.4. The van der Waals surface area contributed by atoms with Gasteiger partial charge < -0.3 is 14.2 Å². The Labute approximate surface area is 354 Å². The molecule has 0 amide bonds. The van der Waals surface area contributed by atoms with Gasteiger partial charge in [-0.05, 0) is 109 Å². The molecule has 1 aliphatic heterocycles. The molecule has 0 saturated heterocycles. The van der Waals surface area contributed by atoms with Crippen molar-refractivity contribution >= 4 is 24.1 Å². The van der Waals surface area contributed by atoms with Crippen molar-refractivity contribution in [1.29, 1.82) is 0 Å². The lowest BCUT2D eigenvalue weighted by molar-refractivity contribution is -0.158. The number of rotatable bonds is 31. The van der Waals surface area contributed by atoms with Gasteiger partial charge in [0.1, 0.15) is 25.9 Å². The minimum Gasteiger partial charge on any atom is -0.465 e. The van der Waals surface area contributed by atoms with Crippen LogP contribution in [0.4, 0.5) is 0 Å². The van der Waals surface area contributed by atoms with E-state index in [0.29, 0.717) is 12.8 Å². The van der Waals surface area contributed by atoms with E-state index >= 15 is 0 Å². The van der Waals surface area contributed by atoms with E-state index in [1.165, 1.54) is 96.3 Å². The van der Waals surface area contributed by atoms with E-state index in [-0.39, 0.29) is 43.6 Å². The van der Waals surface area contributed by atoms with Crippen molar-refractivity contribution in [3.05, 3.63) is 36.1 Å². The molecule has 8 heteroatoms. The van der Waals surface area contributed by atoms with Gasteiger partial charge in [0.2, 0.25) is 0 Å². The van der Waals surface area contributed by atoms with Crippen LogP contribution in [-0.4, -0.2) is 69.0 Å². The number of hydrogen-bond acceptors (Lipinski definition) is 8. The Morgan fingerprint density at radius 1 is 0.707 bits per heavy atom. The van der Waals surface area contributed by atoms with Gasteiger partial charge in [0, 0.05) is 31.2 Å². The number of carbonyl (C=O) groups excluding carboxylic acids is 3. The van der Waals surface area contributed by atoms with Gasteiger partial charge in [-0.3, -0.25) is 24.3 Å². The second kappa shape index (κ2) is 31.2. The van der Waals surface area contributed by atoms with Crippen LogP contribution in [-0.2, 0) is 28.6 Å². The number of ether oxygens (including phenoxy) is 3. The fraction of sp³-hybridized carbons (Fsp3) is 0.800. The van der Waals surface area contributed by atoms with E-state index in [9.17, 15) is 14.4 Å². The third kappa shape index (κ3) is 21.5. The van der Waals surface area contributed by atoms with Crippen molar-refractivity contribution in [2.45, 2.75) is 193 Å². The van der Waals surface area contributed by atoms with Crippen LogP contribution in [0.5, 0.6) is 0 Å². The SMILES string of the molecule is CCCCC/C=C\C/C=C\CCCCCCCCC(=O)OCC(COC(=O)C1CCC(C2CCC(CCCCC)CC2)CC1)COC(=O)[C@H](CC1=CCC=N1)N(C)C. The number of hydrogen-bond donors (Lipinski definition) is 0. The molecule has 0 aromatic carbocycles. The van der Waals surface area contributed by atoms with Gasteiger partial charge in [-0.25, -0.2) is 0 Å². The molecule has 8 nitrogen and oxygen atoms in total. The minimum atomic E-state index is -0.484. The lowest BCUT2D eigenvalue weighted by atomic mass is 9.68. The van der Waals surface area contributed by atoms with E-state index in [1.807, 2.05) is 31.3 Å². The predicted molar refractivity (Wildman–Crippen MR) is 239 cm³/mol. The zero-order chi connectivity index (χ0) is 41.6. The maximum atomic E-state index is 13.3. The lowest BCUT2D eigenvalue weighted by Gasteiger charge is -2.37. The molecule has 330 valence electrons. The lowest BCUT2D eigenvalue weighted by Crippen LogP contribution is -2.39. The quantitative estimate of drug-likeness (QED) is 0.0298. The molecule has 0 spiro atoms. The molecule has 58 heavy (non-hydrogen) atoms. The average Bonchev–Trinajstić information content (AvgIpc) is 3.76. The molecule has 2 fully saturated rings. The maximum absolute atomic E-state index is 13.3. The molecule has 0 radical (unpaired) electrons. The molecular weight excluding hydrogens is 725 g/mol. The van der Waals surface area contributed by atoms with Crippen molar-refractivity contribution in [3.63, 3.8) is 0 Å². The predicted octanol–water partition coefficient (Wildman–Crippen LogP) is 12.3. The highest BCUT2D eigenvalue weighted by molar-refractivity contribution is 5.76. The van der Waals surface area contributed by atoms with E-state index in [2.05, 4.69) is 43.1 Å². The summed E-state index contributed by atoms with van der Waals surface area (Å²) in [4.78, 5) is 45.6. The highest BCUT2D eigenvalue weighted by Crippen LogP contribution is 2.42. The monoisotopic (exact) mass is 809 g/mol. The van der Waals surface area contributed by atoms with Crippen LogP contribution in [0, 0.1) is 29.6 Å². The molecule has 2 atom stereocenters. The van der Waals surface area contributed by atoms with Gasteiger partial charge in [0.25, 0.3) is 0 Å². The normalized spacial score (nSPS) is 22.1. The third-order valence-electron chi connectivity index (χ3n) is 12.9. The summed E-state index contributed by atoms with van der Waals surface area (Å²) in [6.07, 6.45) is 43.3. The zero-order valence-corrected chi connectivity index (χ0v) is 37.5. The summed E-state index contributed by atoms with van der Waals surface area (Å²) in [6.45, 7) is 4.66. The van der Waals surface area contributed by atoms with E-state index in [1.54, 1.807) is 0 Å². The van der Waals surface area contributed by atoms with Crippen LogP contribution in [0.2, 0.25) is 0 Å². The summed E-state index contributed by atoms with van der Waals surface area (Å²) in [5.41, 5.74) is 0.879. The molecule has 0 bridgehead atoms. The van der Waals surface area contributed by atoms with Crippen molar-refractivity contribution in [3.8, 4) is 0 Å². The second-order valence-electron chi connectivity index (χ2n) is 18.0. The van der Waals surface area contributed by atoms with Crippen LogP contribution in [0.25, 0.3) is 0 Å². The molecule has 0 N–H and O–H groups in total. The van der Waals surface area contributed by atoms with E-state index < -0.39 is 12.0 Å².